The lowest BCUT2D eigenvalue weighted by atomic mass is 9.80. The van der Waals surface area contributed by atoms with Gasteiger partial charge in [0, 0.05) is 12.1 Å². The van der Waals surface area contributed by atoms with Crippen LogP contribution in [0.5, 0.6) is 0 Å². The van der Waals surface area contributed by atoms with Gasteiger partial charge in [-0.05, 0) is 56.3 Å². The van der Waals surface area contributed by atoms with Crippen molar-refractivity contribution in [3.8, 4) is 0 Å². The Balaban J connectivity index is 1.69. The molecule has 10 heteroatoms. The Morgan fingerprint density at radius 3 is 2.18 bits per heavy atom. The fraction of sp³-hybridized carbons (Fsp3) is 0.821. The van der Waals surface area contributed by atoms with Crippen LogP contribution in [-0.2, 0) is 19.2 Å². The summed E-state index contributed by atoms with van der Waals surface area (Å²) in [4.78, 5) is 65.7. The van der Waals surface area contributed by atoms with E-state index in [1.807, 2.05) is 20.8 Å². The van der Waals surface area contributed by atoms with E-state index in [0.717, 1.165) is 51.4 Å². The lowest BCUT2D eigenvalue weighted by Gasteiger charge is -2.39. The van der Waals surface area contributed by atoms with Gasteiger partial charge in [-0.3, -0.25) is 19.2 Å². The van der Waals surface area contributed by atoms with Gasteiger partial charge in [0.2, 0.25) is 17.6 Å². The molecule has 10 nitrogen and oxygen atoms in total. The highest BCUT2D eigenvalue weighted by molar-refractivity contribution is 6.37. The van der Waals surface area contributed by atoms with E-state index in [2.05, 4.69) is 22.9 Å². The molecule has 0 aromatic heterocycles. The average molecular weight is 534 g/mol. The van der Waals surface area contributed by atoms with Gasteiger partial charge in [-0.25, -0.2) is 4.79 Å². The molecule has 3 aliphatic rings. The summed E-state index contributed by atoms with van der Waals surface area (Å²) >= 11 is 0. The van der Waals surface area contributed by atoms with Gasteiger partial charge in [0.05, 0.1) is 6.04 Å². The molecule has 3 fully saturated rings. The molecule has 0 spiro atoms. The van der Waals surface area contributed by atoms with Gasteiger partial charge in [0.15, 0.2) is 0 Å². The Labute approximate surface area is 226 Å². The van der Waals surface area contributed by atoms with Crippen molar-refractivity contribution in [3.63, 3.8) is 0 Å². The number of ketones is 1. The molecule has 5 N–H and O–H groups in total. The smallest absolute Gasteiger partial charge is 0.315 e. The first kappa shape index (κ1) is 29.9. The minimum Gasteiger partial charge on any atom is -0.363 e. The van der Waals surface area contributed by atoms with Crippen molar-refractivity contribution in [1.29, 1.82) is 0 Å². The number of nitrogens with one attached hydrogen (secondary N) is 3. The number of hydrogen-bond acceptors (Lipinski definition) is 5. The molecule has 3 rings (SSSR count). The second-order valence-corrected chi connectivity index (χ2v) is 12.6. The second-order valence-electron chi connectivity index (χ2n) is 12.6. The Morgan fingerprint density at radius 2 is 1.63 bits per heavy atom. The van der Waals surface area contributed by atoms with E-state index in [1.165, 1.54) is 11.3 Å². The number of likely N-dealkylation sites (tertiary alicyclic amines) is 1. The number of amides is 5. The van der Waals surface area contributed by atoms with Crippen LogP contribution in [0.2, 0.25) is 0 Å². The standard InChI is InChI=1S/C28H47N5O5/c1-5-28(15-7-6-8-16-28)32-26(38)31-22(27(2,3)4)25(37)33-17-9-10-20(33)24(36)30-19(21(34)23(29)35)14-13-18-11-12-18/h18-20,22H,5-17H2,1-4H3,(H2,29,35)(H,30,36)(H2,31,32,38)/t19-,20-,22+/m0/s1. The first-order valence-electron chi connectivity index (χ1n) is 14.4. The highest BCUT2D eigenvalue weighted by atomic mass is 16.2. The number of nitrogens with zero attached hydrogens (tertiary/aromatic N) is 1. The number of nitrogens with two attached hydrogens (primary N) is 1. The number of primary amides is 1. The minimum atomic E-state index is -1.07. The summed E-state index contributed by atoms with van der Waals surface area (Å²) < 4.78 is 0. The van der Waals surface area contributed by atoms with Gasteiger partial charge in [-0.2, -0.15) is 0 Å². The van der Waals surface area contributed by atoms with E-state index < -0.39 is 41.1 Å². The molecule has 0 aromatic rings. The number of carbonyl (C=O) groups excluding carboxylic acids is 5. The number of Topliss-reactive ketones (excluding diaryl/α,β-unsaturated/α-hetero) is 1. The summed E-state index contributed by atoms with van der Waals surface area (Å²) in [7, 11) is 0. The quantitative estimate of drug-likeness (QED) is 0.301. The maximum Gasteiger partial charge on any atom is 0.315 e. The van der Waals surface area contributed by atoms with Crippen molar-refractivity contribution < 1.29 is 24.0 Å². The highest BCUT2D eigenvalue weighted by Crippen LogP contribution is 2.34. The second kappa shape index (κ2) is 12.5. The van der Waals surface area contributed by atoms with Crippen molar-refractivity contribution in [2.45, 2.75) is 128 Å². The third-order valence-corrected chi connectivity index (χ3v) is 8.53. The molecular weight excluding hydrogens is 486 g/mol. The van der Waals surface area contributed by atoms with Crippen LogP contribution >= 0.6 is 0 Å². The molecule has 0 aromatic carbocycles. The summed E-state index contributed by atoms with van der Waals surface area (Å²) in [5, 5.41) is 8.80. The van der Waals surface area contributed by atoms with Crippen molar-refractivity contribution >= 4 is 29.5 Å². The lowest BCUT2D eigenvalue weighted by molar-refractivity contribution is -0.143. The van der Waals surface area contributed by atoms with Crippen LogP contribution in [0.4, 0.5) is 4.79 Å². The molecule has 2 aliphatic carbocycles. The average Bonchev–Trinajstić information content (AvgIpc) is 3.56. The Bertz CT molecular complexity index is 904. The van der Waals surface area contributed by atoms with Crippen LogP contribution < -0.4 is 21.7 Å². The van der Waals surface area contributed by atoms with Gasteiger partial charge < -0.3 is 26.6 Å². The van der Waals surface area contributed by atoms with Gasteiger partial charge in [0.1, 0.15) is 12.1 Å². The largest absolute Gasteiger partial charge is 0.363 e. The number of urea groups is 1. The van der Waals surface area contributed by atoms with Crippen LogP contribution in [0.1, 0.15) is 105 Å². The van der Waals surface area contributed by atoms with Crippen LogP contribution in [0.3, 0.4) is 0 Å². The molecule has 0 unspecified atom stereocenters. The number of carbonyl (C=O) groups is 5. The molecule has 1 saturated heterocycles. The van der Waals surface area contributed by atoms with Crippen LogP contribution in [-0.4, -0.2) is 64.6 Å². The molecule has 0 radical (unpaired) electrons. The molecule has 214 valence electrons. The SMILES string of the molecule is CCC1(NC(=O)N[C@H](C(=O)N2CCC[C@H]2C(=O)N[C@@H](CCC2CC2)C(=O)C(N)=O)C(C)(C)C)CCCCC1. The molecular formula is C28H47N5O5. The third kappa shape index (κ3) is 7.69. The van der Waals surface area contributed by atoms with Gasteiger partial charge >= 0.3 is 6.03 Å². The minimum absolute atomic E-state index is 0.258. The molecule has 1 heterocycles. The Kier molecular flexibility index (Phi) is 9.81. The first-order chi connectivity index (χ1) is 17.9. The van der Waals surface area contributed by atoms with E-state index >= 15 is 0 Å². The maximum atomic E-state index is 13.8. The normalized spacial score (nSPS) is 22.7. The van der Waals surface area contributed by atoms with Crippen molar-refractivity contribution in [1.82, 2.24) is 20.9 Å². The Hall–Kier alpha value is -2.65. The zero-order chi connectivity index (χ0) is 28.1. The summed E-state index contributed by atoms with van der Waals surface area (Å²) in [6, 6.07) is -2.97. The Morgan fingerprint density at radius 1 is 0.974 bits per heavy atom. The molecule has 0 bridgehead atoms. The van der Waals surface area contributed by atoms with Gasteiger partial charge in [-0.15, -0.1) is 0 Å². The zero-order valence-electron chi connectivity index (χ0n) is 23.6. The monoisotopic (exact) mass is 533 g/mol. The topological polar surface area (TPSA) is 151 Å². The molecule has 2 saturated carbocycles. The summed E-state index contributed by atoms with van der Waals surface area (Å²) in [5.41, 5.74) is 4.38. The zero-order valence-corrected chi connectivity index (χ0v) is 23.6. The van der Waals surface area contributed by atoms with E-state index in [-0.39, 0.29) is 17.5 Å². The number of rotatable bonds is 11. The highest BCUT2D eigenvalue weighted by Gasteiger charge is 2.43. The van der Waals surface area contributed by atoms with Gasteiger partial charge in [-0.1, -0.05) is 59.8 Å². The van der Waals surface area contributed by atoms with Crippen LogP contribution in [0.15, 0.2) is 0 Å². The molecule has 1 aliphatic heterocycles. The summed E-state index contributed by atoms with van der Waals surface area (Å²) in [5.74, 6) is -2.15. The fourth-order valence-electron chi connectivity index (χ4n) is 5.84. The molecule has 5 amide bonds. The fourth-order valence-corrected chi connectivity index (χ4v) is 5.84. The third-order valence-electron chi connectivity index (χ3n) is 8.53. The first-order valence-corrected chi connectivity index (χ1v) is 14.4. The van der Waals surface area contributed by atoms with Crippen LogP contribution in [0.25, 0.3) is 0 Å². The van der Waals surface area contributed by atoms with E-state index in [0.29, 0.717) is 31.7 Å². The summed E-state index contributed by atoms with van der Waals surface area (Å²) in [6.07, 6.45) is 10.3. The van der Waals surface area contributed by atoms with Crippen molar-refractivity contribution in [3.05, 3.63) is 0 Å². The lowest BCUT2D eigenvalue weighted by Crippen LogP contribution is -2.62. The number of hydrogen-bond donors (Lipinski definition) is 4. The van der Waals surface area contributed by atoms with Gasteiger partial charge in [0.25, 0.3) is 5.91 Å². The van der Waals surface area contributed by atoms with E-state index in [4.69, 9.17) is 5.73 Å². The molecule has 38 heavy (non-hydrogen) atoms. The van der Waals surface area contributed by atoms with Crippen LogP contribution in [0, 0.1) is 11.3 Å². The predicted octanol–water partition coefficient (Wildman–Crippen LogP) is 2.53. The van der Waals surface area contributed by atoms with Crippen molar-refractivity contribution in [2.24, 2.45) is 17.1 Å². The van der Waals surface area contributed by atoms with E-state index in [1.54, 1.807) is 0 Å². The van der Waals surface area contributed by atoms with E-state index in [9.17, 15) is 24.0 Å². The predicted molar refractivity (Wildman–Crippen MR) is 144 cm³/mol. The maximum absolute atomic E-state index is 13.8. The molecule has 3 atom stereocenters. The summed E-state index contributed by atoms with van der Waals surface area (Å²) in [6.45, 7) is 8.11. The van der Waals surface area contributed by atoms with Crippen molar-refractivity contribution in [2.75, 3.05) is 6.54 Å².